The number of nitrogens with one attached hydrogen (secondary N) is 1. The summed E-state index contributed by atoms with van der Waals surface area (Å²) in [5, 5.41) is 3.31. The first-order valence-electron chi connectivity index (χ1n) is 6.33. The molecule has 2 aliphatic rings. The third-order valence-corrected chi connectivity index (χ3v) is 3.64. The molecule has 0 aromatic heterocycles. The Morgan fingerprint density at radius 2 is 2.35 bits per heavy atom. The molecule has 0 saturated carbocycles. The number of benzene rings is 1. The monoisotopic (exact) mass is 231 g/mol. The molecule has 0 aliphatic carbocycles. The fourth-order valence-corrected chi connectivity index (χ4v) is 2.63. The van der Waals surface area contributed by atoms with Crippen molar-refractivity contribution in [3.8, 4) is 0 Å². The van der Waals surface area contributed by atoms with E-state index in [1.165, 1.54) is 5.56 Å². The van der Waals surface area contributed by atoms with Crippen LogP contribution in [0.25, 0.3) is 0 Å². The molecule has 0 bridgehead atoms. The van der Waals surface area contributed by atoms with Gasteiger partial charge in [-0.15, -0.1) is 0 Å². The summed E-state index contributed by atoms with van der Waals surface area (Å²) >= 11 is 0. The lowest BCUT2D eigenvalue weighted by atomic mass is 9.92. The molecule has 17 heavy (non-hydrogen) atoms. The second-order valence-electron chi connectivity index (χ2n) is 4.83. The van der Waals surface area contributed by atoms with Crippen molar-refractivity contribution in [1.82, 2.24) is 0 Å². The van der Waals surface area contributed by atoms with Gasteiger partial charge in [0.2, 0.25) is 0 Å². The second-order valence-corrected chi connectivity index (χ2v) is 4.83. The van der Waals surface area contributed by atoms with E-state index >= 15 is 0 Å². The summed E-state index contributed by atoms with van der Waals surface area (Å²) in [4.78, 5) is 12.3. The van der Waals surface area contributed by atoms with Crippen molar-refractivity contribution < 1.29 is 9.53 Å². The standard InChI is InChI=1S/C14H17NO2/c16-14(12-2-1-7-17-9-12)11-4-3-10-5-6-15-13(10)8-11/h3-4,8,12,15H,1-2,5-7,9H2. The molecule has 2 aliphatic heterocycles. The SMILES string of the molecule is O=C(c1ccc2c(c1)NCC2)C1CCCOC1. The highest BCUT2D eigenvalue weighted by atomic mass is 16.5. The lowest BCUT2D eigenvalue weighted by Gasteiger charge is -2.21. The van der Waals surface area contributed by atoms with Crippen molar-refractivity contribution in [2.75, 3.05) is 25.1 Å². The third kappa shape index (κ3) is 2.07. The number of rotatable bonds is 2. The van der Waals surface area contributed by atoms with E-state index in [0.29, 0.717) is 6.61 Å². The van der Waals surface area contributed by atoms with Crippen LogP contribution in [0.5, 0.6) is 0 Å². The molecule has 1 N–H and O–H groups in total. The predicted molar refractivity (Wildman–Crippen MR) is 66.5 cm³/mol. The first-order valence-corrected chi connectivity index (χ1v) is 6.33. The summed E-state index contributed by atoms with van der Waals surface area (Å²) in [6.45, 7) is 2.37. The molecule has 90 valence electrons. The minimum Gasteiger partial charge on any atom is -0.384 e. The molecular weight excluding hydrogens is 214 g/mol. The summed E-state index contributed by atoms with van der Waals surface area (Å²) < 4.78 is 5.38. The van der Waals surface area contributed by atoms with Gasteiger partial charge in [0.25, 0.3) is 0 Å². The molecule has 3 nitrogen and oxygen atoms in total. The van der Waals surface area contributed by atoms with E-state index in [0.717, 1.165) is 43.7 Å². The van der Waals surface area contributed by atoms with Gasteiger partial charge >= 0.3 is 0 Å². The van der Waals surface area contributed by atoms with Gasteiger partial charge < -0.3 is 10.1 Å². The lowest BCUT2D eigenvalue weighted by molar-refractivity contribution is 0.0461. The fraction of sp³-hybridized carbons (Fsp3) is 0.500. The highest BCUT2D eigenvalue weighted by molar-refractivity contribution is 5.99. The Bertz CT molecular complexity index is 436. The van der Waals surface area contributed by atoms with Crippen LogP contribution in [0.4, 0.5) is 5.69 Å². The topological polar surface area (TPSA) is 38.3 Å². The van der Waals surface area contributed by atoms with E-state index in [9.17, 15) is 4.79 Å². The van der Waals surface area contributed by atoms with Crippen LogP contribution in [-0.4, -0.2) is 25.5 Å². The molecular formula is C14H17NO2. The molecule has 1 fully saturated rings. The van der Waals surface area contributed by atoms with Crippen LogP contribution >= 0.6 is 0 Å². The van der Waals surface area contributed by atoms with Gasteiger partial charge in [-0.25, -0.2) is 0 Å². The number of hydrogen-bond acceptors (Lipinski definition) is 3. The molecule has 3 heteroatoms. The smallest absolute Gasteiger partial charge is 0.168 e. The van der Waals surface area contributed by atoms with Crippen LogP contribution in [0.2, 0.25) is 0 Å². The van der Waals surface area contributed by atoms with Crippen LogP contribution in [0.1, 0.15) is 28.8 Å². The molecule has 1 aromatic carbocycles. The molecule has 1 atom stereocenters. The van der Waals surface area contributed by atoms with Gasteiger partial charge in [-0.05, 0) is 30.9 Å². The quantitative estimate of drug-likeness (QED) is 0.793. The Kier molecular flexibility index (Phi) is 2.85. The Morgan fingerprint density at radius 1 is 1.41 bits per heavy atom. The normalized spacial score (nSPS) is 22.9. The summed E-state index contributed by atoms with van der Waals surface area (Å²) in [5.74, 6) is 0.296. The first-order chi connectivity index (χ1) is 8.34. The summed E-state index contributed by atoms with van der Waals surface area (Å²) in [6.07, 6.45) is 3.03. The Morgan fingerprint density at radius 3 is 3.18 bits per heavy atom. The van der Waals surface area contributed by atoms with E-state index in [1.807, 2.05) is 12.1 Å². The van der Waals surface area contributed by atoms with Gasteiger partial charge in [-0.3, -0.25) is 4.79 Å². The van der Waals surface area contributed by atoms with Crippen molar-refractivity contribution in [2.45, 2.75) is 19.3 Å². The summed E-state index contributed by atoms with van der Waals surface area (Å²) in [6, 6.07) is 6.04. The van der Waals surface area contributed by atoms with Crippen molar-refractivity contribution in [3.05, 3.63) is 29.3 Å². The number of anilines is 1. The van der Waals surface area contributed by atoms with Crippen molar-refractivity contribution in [1.29, 1.82) is 0 Å². The number of carbonyl (C=O) groups is 1. The Labute approximate surface area is 101 Å². The van der Waals surface area contributed by atoms with E-state index in [4.69, 9.17) is 4.74 Å². The van der Waals surface area contributed by atoms with E-state index in [-0.39, 0.29) is 11.7 Å². The molecule has 1 unspecified atom stereocenters. The van der Waals surface area contributed by atoms with E-state index in [1.54, 1.807) is 0 Å². The van der Waals surface area contributed by atoms with Crippen LogP contribution in [0, 0.1) is 5.92 Å². The van der Waals surface area contributed by atoms with E-state index < -0.39 is 0 Å². The van der Waals surface area contributed by atoms with Crippen LogP contribution in [0.15, 0.2) is 18.2 Å². The molecule has 1 aromatic rings. The van der Waals surface area contributed by atoms with Crippen LogP contribution in [-0.2, 0) is 11.2 Å². The van der Waals surface area contributed by atoms with Gasteiger partial charge in [-0.1, -0.05) is 12.1 Å². The zero-order valence-corrected chi connectivity index (χ0v) is 9.87. The summed E-state index contributed by atoms with van der Waals surface area (Å²) in [5.41, 5.74) is 3.28. The zero-order chi connectivity index (χ0) is 11.7. The lowest BCUT2D eigenvalue weighted by Crippen LogP contribution is -2.25. The second kappa shape index (κ2) is 4.49. The number of carbonyl (C=O) groups excluding carboxylic acids is 1. The maximum absolute atomic E-state index is 12.3. The van der Waals surface area contributed by atoms with Crippen LogP contribution in [0.3, 0.4) is 0 Å². The molecule has 0 spiro atoms. The zero-order valence-electron chi connectivity index (χ0n) is 9.87. The number of fused-ring (bicyclic) bond motifs is 1. The molecule has 1 saturated heterocycles. The number of Topliss-reactive ketones (excluding diaryl/α,β-unsaturated/α-hetero) is 1. The number of ether oxygens (including phenoxy) is 1. The minimum absolute atomic E-state index is 0.0585. The van der Waals surface area contributed by atoms with E-state index in [2.05, 4.69) is 11.4 Å². The highest BCUT2D eigenvalue weighted by Crippen LogP contribution is 2.26. The maximum atomic E-state index is 12.3. The first kappa shape index (κ1) is 10.8. The average molecular weight is 231 g/mol. The van der Waals surface area contributed by atoms with Gasteiger partial charge in [0.15, 0.2) is 5.78 Å². The Balaban J connectivity index is 1.81. The number of ketones is 1. The van der Waals surface area contributed by atoms with Crippen molar-refractivity contribution in [2.24, 2.45) is 5.92 Å². The fourth-order valence-electron chi connectivity index (χ4n) is 2.63. The minimum atomic E-state index is 0.0585. The largest absolute Gasteiger partial charge is 0.384 e. The predicted octanol–water partition coefficient (Wildman–Crippen LogP) is 2.26. The third-order valence-electron chi connectivity index (χ3n) is 3.64. The maximum Gasteiger partial charge on any atom is 0.168 e. The van der Waals surface area contributed by atoms with Crippen molar-refractivity contribution in [3.63, 3.8) is 0 Å². The van der Waals surface area contributed by atoms with Crippen molar-refractivity contribution >= 4 is 11.5 Å². The Hall–Kier alpha value is -1.35. The van der Waals surface area contributed by atoms with Gasteiger partial charge in [0, 0.05) is 30.3 Å². The molecule has 0 radical (unpaired) electrons. The van der Waals surface area contributed by atoms with Gasteiger partial charge in [-0.2, -0.15) is 0 Å². The van der Waals surface area contributed by atoms with Crippen LogP contribution < -0.4 is 5.32 Å². The summed E-state index contributed by atoms with van der Waals surface area (Å²) in [7, 11) is 0. The molecule has 3 rings (SSSR count). The van der Waals surface area contributed by atoms with Gasteiger partial charge in [0.1, 0.15) is 0 Å². The highest BCUT2D eigenvalue weighted by Gasteiger charge is 2.24. The molecule has 0 amide bonds. The van der Waals surface area contributed by atoms with Gasteiger partial charge in [0.05, 0.1) is 6.61 Å². The molecule has 2 heterocycles. The number of hydrogen-bond donors (Lipinski definition) is 1. The average Bonchev–Trinajstić information content (AvgIpc) is 2.86.